The van der Waals surface area contributed by atoms with E-state index in [-0.39, 0.29) is 17.9 Å². The monoisotopic (exact) mass is 285 g/mol. The van der Waals surface area contributed by atoms with Crippen LogP contribution in [0.2, 0.25) is 0 Å². The Labute approximate surface area is 121 Å². The van der Waals surface area contributed by atoms with E-state index in [0.29, 0.717) is 6.42 Å². The summed E-state index contributed by atoms with van der Waals surface area (Å²) in [6.45, 7) is 0. The number of amides is 1. The fourth-order valence-corrected chi connectivity index (χ4v) is 2.89. The van der Waals surface area contributed by atoms with Gasteiger partial charge in [-0.05, 0) is 18.6 Å². The van der Waals surface area contributed by atoms with Gasteiger partial charge in [0.05, 0.1) is 5.92 Å². The number of nitrogens with zero attached hydrogens (tertiary/aromatic N) is 1. The van der Waals surface area contributed by atoms with Gasteiger partial charge < -0.3 is 11.1 Å². The molecule has 5 heteroatoms. The van der Waals surface area contributed by atoms with E-state index in [1.54, 1.807) is 17.5 Å². The van der Waals surface area contributed by atoms with Crippen molar-refractivity contribution >= 4 is 22.9 Å². The van der Waals surface area contributed by atoms with Crippen LogP contribution in [0.4, 0.5) is 5.69 Å². The van der Waals surface area contributed by atoms with Crippen LogP contribution < -0.4 is 11.1 Å². The fraction of sp³-hybridized carbons (Fsp3) is 0.200. The minimum absolute atomic E-state index is 0.00703. The largest absolute Gasteiger partial charge is 0.326 e. The molecule has 3 rings (SSSR count). The van der Waals surface area contributed by atoms with Crippen molar-refractivity contribution in [1.82, 2.24) is 4.98 Å². The third-order valence-corrected chi connectivity index (χ3v) is 4.09. The second kappa shape index (κ2) is 5.56. The first kappa shape index (κ1) is 13.0. The zero-order valence-corrected chi connectivity index (χ0v) is 11.6. The third-order valence-electron chi connectivity index (χ3n) is 3.26. The number of anilines is 1. The highest BCUT2D eigenvalue weighted by molar-refractivity contribution is 7.13. The van der Waals surface area contributed by atoms with Gasteiger partial charge in [0.15, 0.2) is 0 Å². The lowest BCUT2D eigenvalue weighted by molar-refractivity contribution is -0.118. The van der Waals surface area contributed by atoms with E-state index in [9.17, 15) is 4.79 Å². The summed E-state index contributed by atoms with van der Waals surface area (Å²) in [7, 11) is 0. The molecule has 102 valence electrons. The summed E-state index contributed by atoms with van der Waals surface area (Å²) in [6, 6.07) is 7.72. The van der Waals surface area contributed by atoms with E-state index in [1.807, 2.05) is 41.8 Å². The molecular weight excluding hydrogens is 270 g/mol. The molecule has 1 heterocycles. The first-order chi connectivity index (χ1) is 9.72. The minimum atomic E-state index is -0.131. The van der Waals surface area contributed by atoms with Gasteiger partial charge in [0.2, 0.25) is 5.91 Å². The molecule has 0 spiro atoms. The zero-order chi connectivity index (χ0) is 13.9. The van der Waals surface area contributed by atoms with Crippen molar-refractivity contribution < 1.29 is 4.79 Å². The molecule has 1 aromatic carbocycles. The molecule has 1 aromatic heterocycles. The Morgan fingerprint density at radius 2 is 2.30 bits per heavy atom. The van der Waals surface area contributed by atoms with Crippen molar-refractivity contribution in [2.45, 2.75) is 12.5 Å². The summed E-state index contributed by atoms with van der Waals surface area (Å²) in [5.41, 5.74) is 7.57. The fourth-order valence-electron chi connectivity index (χ4n) is 2.25. The Balaban J connectivity index is 1.73. The lowest BCUT2D eigenvalue weighted by Gasteiger charge is -2.11. The highest BCUT2D eigenvalue weighted by Crippen LogP contribution is 2.25. The topological polar surface area (TPSA) is 68.0 Å². The van der Waals surface area contributed by atoms with Crippen LogP contribution in [0.15, 0.2) is 48.0 Å². The number of thiazole rings is 1. The summed E-state index contributed by atoms with van der Waals surface area (Å²) >= 11 is 1.58. The Morgan fingerprint density at radius 3 is 3.00 bits per heavy atom. The number of hydrogen-bond donors (Lipinski definition) is 2. The molecule has 2 aromatic rings. The van der Waals surface area contributed by atoms with E-state index in [2.05, 4.69) is 10.3 Å². The summed E-state index contributed by atoms with van der Waals surface area (Å²) in [6.07, 6.45) is 6.22. The average molecular weight is 285 g/mol. The smallest absolute Gasteiger partial charge is 0.231 e. The number of rotatable bonds is 3. The highest BCUT2D eigenvalue weighted by atomic mass is 32.1. The van der Waals surface area contributed by atoms with E-state index < -0.39 is 0 Å². The second-order valence-corrected chi connectivity index (χ2v) is 5.69. The number of nitrogens with one attached hydrogen (secondary N) is 1. The average Bonchev–Trinajstić information content (AvgIpc) is 3.10. The van der Waals surface area contributed by atoms with Crippen molar-refractivity contribution in [3.63, 3.8) is 0 Å². The number of carbonyl (C=O) groups excluding carboxylic acids is 1. The number of carbonyl (C=O) groups is 1. The maximum absolute atomic E-state index is 12.1. The van der Waals surface area contributed by atoms with Crippen LogP contribution in [0.25, 0.3) is 10.6 Å². The summed E-state index contributed by atoms with van der Waals surface area (Å²) in [5, 5.41) is 5.82. The zero-order valence-electron chi connectivity index (χ0n) is 10.8. The predicted molar refractivity (Wildman–Crippen MR) is 81.4 cm³/mol. The van der Waals surface area contributed by atoms with Gasteiger partial charge in [-0.25, -0.2) is 4.98 Å². The predicted octanol–water partition coefficient (Wildman–Crippen LogP) is 2.65. The Hall–Kier alpha value is -1.98. The third kappa shape index (κ3) is 2.79. The normalized spacial score (nSPS) is 21.1. The molecule has 0 saturated heterocycles. The molecule has 0 radical (unpaired) electrons. The van der Waals surface area contributed by atoms with Crippen molar-refractivity contribution in [2.24, 2.45) is 11.7 Å². The van der Waals surface area contributed by atoms with E-state index in [0.717, 1.165) is 16.3 Å². The standard InChI is InChI=1S/C15H15N3OS/c16-12-5-4-10(8-12)14(19)18-13-3-1-2-11(9-13)15-17-6-7-20-15/h1-7,9-10,12H,8,16H2,(H,18,19). The molecular formula is C15H15N3OS. The van der Waals surface area contributed by atoms with Gasteiger partial charge in [0.25, 0.3) is 0 Å². The van der Waals surface area contributed by atoms with Crippen LogP contribution in [-0.2, 0) is 4.79 Å². The lowest BCUT2D eigenvalue weighted by atomic mass is 10.1. The van der Waals surface area contributed by atoms with E-state index >= 15 is 0 Å². The van der Waals surface area contributed by atoms with Crippen LogP contribution in [0, 0.1) is 5.92 Å². The van der Waals surface area contributed by atoms with Crippen molar-refractivity contribution in [3.8, 4) is 10.6 Å². The quantitative estimate of drug-likeness (QED) is 0.852. The minimum Gasteiger partial charge on any atom is -0.326 e. The highest BCUT2D eigenvalue weighted by Gasteiger charge is 2.22. The number of nitrogens with two attached hydrogens (primary N) is 1. The maximum atomic E-state index is 12.1. The van der Waals surface area contributed by atoms with Gasteiger partial charge in [-0.2, -0.15) is 0 Å². The molecule has 1 amide bonds. The molecule has 1 aliphatic rings. The van der Waals surface area contributed by atoms with E-state index in [4.69, 9.17) is 5.73 Å². The maximum Gasteiger partial charge on any atom is 0.231 e. The lowest BCUT2D eigenvalue weighted by Crippen LogP contribution is -2.23. The Bertz CT molecular complexity index is 636. The van der Waals surface area contributed by atoms with Crippen LogP contribution in [0.1, 0.15) is 6.42 Å². The van der Waals surface area contributed by atoms with Gasteiger partial charge in [-0.3, -0.25) is 4.79 Å². The van der Waals surface area contributed by atoms with Crippen molar-refractivity contribution in [3.05, 3.63) is 48.0 Å². The van der Waals surface area contributed by atoms with Crippen molar-refractivity contribution in [1.29, 1.82) is 0 Å². The molecule has 0 aliphatic heterocycles. The summed E-state index contributed by atoms with van der Waals surface area (Å²) < 4.78 is 0. The molecule has 0 bridgehead atoms. The van der Waals surface area contributed by atoms with Gasteiger partial charge >= 0.3 is 0 Å². The molecule has 0 saturated carbocycles. The number of benzene rings is 1. The Kier molecular flexibility index (Phi) is 3.62. The van der Waals surface area contributed by atoms with Crippen LogP contribution in [0.5, 0.6) is 0 Å². The second-order valence-electron chi connectivity index (χ2n) is 4.80. The molecule has 4 nitrogen and oxygen atoms in total. The number of aromatic nitrogens is 1. The van der Waals surface area contributed by atoms with Crippen LogP contribution in [-0.4, -0.2) is 16.9 Å². The molecule has 0 fully saturated rings. The SMILES string of the molecule is NC1C=CC(C(=O)Nc2cccc(-c3nccs3)c2)C1. The van der Waals surface area contributed by atoms with Crippen LogP contribution in [0.3, 0.4) is 0 Å². The van der Waals surface area contributed by atoms with Crippen LogP contribution >= 0.6 is 11.3 Å². The van der Waals surface area contributed by atoms with E-state index in [1.165, 1.54) is 0 Å². The summed E-state index contributed by atoms with van der Waals surface area (Å²) in [5.74, 6) is -0.140. The Morgan fingerprint density at radius 1 is 1.40 bits per heavy atom. The molecule has 3 N–H and O–H groups in total. The molecule has 20 heavy (non-hydrogen) atoms. The molecule has 2 unspecified atom stereocenters. The van der Waals surface area contributed by atoms with Gasteiger partial charge in [0.1, 0.15) is 5.01 Å². The van der Waals surface area contributed by atoms with Gasteiger partial charge in [-0.15, -0.1) is 11.3 Å². The van der Waals surface area contributed by atoms with Gasteiger partial charge in [-0.1, -0.05) is 24.3 Å². The number of hydrogen-bond acceptors (Lipinski definition) is 4. The first-order valence-corrected chi connectivity index (χ1v) is 7.35. The molecule has 2 atom stereocenters. The van der Waals surface area contributed by atoms with Crippen molar-refractivity contribution in [2.75, 3.05) is 5.32 Å². The van der Waals surface area contributed by atoms with Gasteiger partial charge in [0, 0.05) is 28.9 Å². The molecule has 1 aliphatic carbocycles. The first-order valence-electron chi connectivity index (χ1n) is 6.47. The summed E-state index contributed by atoms with van der Waals surface area (Å²) in [4.78, 5) is 16.4.